The molecule has 0 aliphatic carbocycles. The van der Waals surface area contributed by atoms with Gasteiger partial charge in [-0.05, 0) is 32.2 Å². The summed E-state index contributed by atoms with van der Waals surface area (Å²) in [4.78, 5) is 4.46. The van der Waals surface area contributed by atoms with Gasteiger partial charge in [0.1, 0.15) is 5.82 Å². The Morgan fingerprint density at radius 1 is 1.64 bits per heavy atom. The lowest BCUT2D eigenvalue weighted by molar-refractivity contribution is 0.288. The molecule has 0 amide bonds. The zero-order valence-electron chi connectivity index (χ0n) is 9.03. The number of aromatic nitrogens is 2. The molecule has 0 saturated carbocycles. The van der Waals surface area contributed by atoms with Crippen LogP contribution in [0.15, 0.2) is 12.4 Å². The molecule has 0 radical (unpaired) electrons. The Morgan fingerprint density at radius 3 is 3.21 bits per heavy atom. The van der Waals surface area contributed by atoms with E-state index in [0.717, 1.165) is 13.1 Å². The first-order valence-corrected chi connectivity index (χ1v) is 5.57. The molecule has 1 aromatic rings. The smallest absolute Gasteiger partial charge is 0.126 e. The molecular weight excluding hydrogens is 174 g/mol. The minimum atomic E-state index is 0.457. The van der Waals surface area contributed by atoms with Crippen LogP contribution in [0.4, 0.5) is 0 Å². The van der Waals surface area contributed by atoms with Crippen molar-refractivity contribution in [1.82, 2.24) is 14.9 Å². The maximum absolute atomic E-state index is 4.46. The second-order valence-corrected chi connectivity index (χ2v) is 4.12. The molecule has 1 aliphatic heterocycles. The summed E-state index contributed by atoms with van der Waals surface area (Å²) in [6, 6.07) is 0.457. The molecule has 2 unspecified atom stereocenters. The summed E-state index contributed by atoms with van der Waals surface area (Å²) in [7, 11) is 0. The van der Waals surface area contributed by atoms with Crippen molar-refractivity contribution in [2.45, 2.75) is 39.3 Å². The standard InChI is InChI=1S/C11H19N3/c1-3-14-8-7-13-11(14)10-9(2)5-4-6-12-10/h7-10,12H,3-6H2,1-2H3. The molecule has 3 heteroatoms. The fourth-order valence-electron chi connectivity index (χ4n) is 2.26. The summed E-state index contributed by atoms with van der Waals surface area (Å²) in [6.07, 6.45) is 6.58. The Balaban J connectivity index is 2.20. The van der Waals surface area contributed by atoms with Crippen LogP contribution < -0.4 is 5.32 Å². The van der Waals surface area contributed by atoms with Crippen LogP contribution in [0.5, 0.6) is 0 Å². The molecule has 0 bridgehead atoms. The Kier molecular flexibility index (Phi) is 2.87. The van der Waals surface area contributed by atoms with Gasteiger partial charge in [0, 0.05) is 18.9 Å². The van der Waals surface area contributed by atoms with Crippen LogP contribution in [0.1, 0.15) is 38.6 Å². The quantitative estimate of drug-likeness (QED) is 0.778. The lowest BCUT2D eigenvalue weighted by Gasteiger charge is -2.29. The van der Waals surface area contributed by atoms with Gasteiger partial charge in [-0.2, -0.15) is 0 Å². The van der Waals surface area contributed by atoms with E-state index < -0.39 is 0 Å². The Hall–Kier alpha value is -0.830. The molecule has 1 aliphatic rings. The van der Waals surface area contributed by atoms with Crippen molar-refractivity contribution in [2.75, 3.05) is 6.54 Å². The van der Waals surface area contributed by atoms with Crippen molar-refractivity contribution in [3.8, 4) is 0 Å². The van der Waals surface area contributed by atoms with Gasteiger partial charge in [0.05, 0.1) is 6.04 Å². The van der Waals surface area contributed by atoms with Crippen LogP contribution in [0.3, 0.4) is 0 Å². The molecule has 2 atom stereocenters. The molecule has 1 aromatic heterocycles. The maximum Gasteiger partial charge on any atom is 0.126 e. The zero-order chi connectivity index (χ0) is 9.97. The molecule has 1 N–H and O–H groups in total. The third-order valence-electron chi connectivity index (χ3n) is 3.14. The van der Waals surface area contributed by atoms with Crippen LogP contribution in [0, 0.1) is 5.92 Å². The van der Waals surface area contributed by atoms with Crippen molar-refractivity contribution in [1.29, 1.82) is 0 Å². The van der Waals surface area contributed by atoms with Crippen molar-refractivity contribution in [2.24, 2.45) is 5.92 Å². The highest BCUT2D eigenvalue weighted by Crippen LogP contribution is 2.27. The van der Waals surface area contributed by atoms with E-state index in [1.807, 2.05) is 6.20 Å². The molecule has 2 rings (SSSR count). The number of hydrogen-bond acceptors (Lipinski definition) is 2. The van der Waals surface area contributed by atoms with Gasteiger partial charge < -0.3 is 9.88 Å². The largest absolute Gasteiger partial charge is 0.334 e. The van der Waals surface area contributed by atoms with Gasteiger partial charge in [-0.15, -0.1) is 0 Å². The van der Waals surface area contributed by atoms with Gasteiger partial charge in [0.25, 0.3) is 0 Å². The summed E-state index contributed by atoms with van der Waals surface area (Å²) < 4.78 is 2.24. The van der Waals surface area contributed by atoms with Gasteiger partial charge in [0.15, 0.2) is 0 Å². The summed E-state index contributed by atoms with van der Waals surface area (Å²) in [6.45, 7) is 6.62. The lowest BCUT2D eigenvalue weighted by atomic mass is 9.92. The average molecular weight is 193 g/mol. The molecule has 78 valence electrons. The van der Waals surface area contributed by atoms with Crippen molar-refractivity contribution in [3.63, 3.8) is 0 Å². The fraction of sp³-hybridized carbons (Fsp3) is 0.727. The van der Waals surface area contributed by atoms with Crippen LogP contribution in [-0.2, 0) is 6.54 Å². The van der Waals surface area contributed by atoms with Gasteiger partial charge in [-0.25, -0.2) is 4.98 Å². The minimum Gasteiger partial charge on any atom is -0.334 e. The van der Waals surface area contributed by atoms with E-state index in [2.05, 4.69) is 34.9 Å². The predicted molar refractivity (Wildman–Crippen MR) is 57.0 cm³/mol. The van der Waals surface area contributed by atoms with E-state index in [-0.39, 0.29) is 0 Å². The van der Waals surface area contributed by atoms with E-state index in [4.69, 9.17) is 0 Å². The SMILES string of the molecule is CCn1ccnc1C1NCCCC1C. The first-order valence-electron chi connectivity index (χ1n) is 5.57. The van der Waals surface area contributed by atoms with E-state index in [0.29, 0.717) is 12.0 Å². The monoisotopic (exact) mass is 193 g/mol. The number of imidazole rings is 1. The number of hydrogen-bond donors (Lipinski definition) is 1. The highest BCUT2D eigenvalue weighted by atomic mass is 15.1. The molecule has 14 heavy (non-hydrogen) atoms. The Morgan fingerprint density at radius 2 is 2.50 bits per heavy atom. The van der Waals surface area contributed by atoms with Gasteiger partial charge in [0.2, 0.25) is 0 Å². The van der Waals surface area contributed by atoms with Gasteiger partial charge in [-0.1, -0.05) is 6.92 Å². The van der Waals surface area contributed by atoms with E-state index in [1.165, 1.54) is 18.7 Å². The normalized spacial score (nSPS) is 27.9. The van der Waals surface area contributed by atoms with Crippen LogP contribution in [0.25, 0.3) is 0 Å². The topological polar surface area (TPSA) is 29.9 Å². The number of nitrogens with zero attached hydrogens (tertiary/aromatic N) is 2. The minimum absolute atomic E-state index is 0.457. The van der Waals surface area contributed by atoms with Gasteiger partial charge in [-0.3, -0.25) is 0 Å². The molecule has 0 spiro atoms. The van der Waals surface area contributed by atoms with Crippen LogP contribution >= 0.6 is 0 Å². The summed E-state index contributed by atoms with van der Waals surface area (Å²) in [5.41, 5.74) is 0. The average Bonchev–Trinajstić information content (AvgIpc) is 2.66. The summed E-state index contributed by atoms with van der Waals surface area (Å²) in [5.74, 6) is 1.91. The number of piperidine rings is 1. The fourth-order valence-corrected chi connectivity index (χ4v) is 2.26. The van der Waals surface area contributed by atoms with E-state index >= 15 is 0 Å². The number of aryl methyl sites for hydroxylation is 1. The molecule has 3 nitrogen and oxygen atoms in total. The maximum atomic E-state index is 4.46. The summed E-state index contributed by atoms with van der Waals surface area (Å²) in [5, 5.41) is 3.56. The summed E-state index contributed by atoms with van der Waals surface area (Å²) >= 11 is 0. The second-order valence-electron chi connectivity index (χ2n) is 4.12. The lowest BCUT2D eigenvalue weighted by Crippen LogP contribution is -2.34. The molecule has 0 aromatic carbocycles. The van der Waals surface area contributed by atoms with Crippen molar-refractivity contribution >= 4 is 0 Å². The van der Waals surface area contributed by atoms with E-state index in [1.54, 1.807) is 0 Å². The number of nitrogens with one attached hydrogen (secondary N) is 1. The third kappa shape index (κ3) is 1.69. The Labute approximate surface area is 85.5 Å². The highest BCUT2D eigenvalue weighted by molar-refractivity contribution is 5.02. The third-order valence-corrected chi connectivity index (χ3v) is 3.14. The molecular formula is C11H19N3. The van der Waals surface area contributed by atoms with Gasteiger partial charge >= 0.3 is 0 Å². The highest BCUT2D eigenvalue weighted by Gasteiger charge is 2.25. The Bertz CT molecular complexity index is 292. The number of rotatable bonds is 2. The first kappa shape index (κ1) is 9.71. The predicted octanol–water partition coefficient (Wildman–Crippen LogP) is 1.96. The first-order chi connectivity index (χ1) is 6.83. The zero-order valence-corrected chi connectivity index (χ0v) is 9.03. The van der Waals surface area contributed by atoms with Crippen molar-refractivity contribution in [3.05, 3.63) is 18.2 Å². The molecule has 1 fully saturated rings. The molecule has 2 heterocycles. The van der Waals surface area contributed by atoms with Crippen molar-refractivity contribution < 1.29 is 0 Å². The second kappa shape index (κ2) is 4.13. The van der Waals surface area contributed by atoms with E-state index in [9.17, 15) is 0 Å². The van der Waals surface area contributed by atoms with Crippen LogP contribution in [0.2, 0.25) is 0 Å². The van der Waals surface area contributed by atoms with Crippen LogP contribution in [-0.4, -0.2) is 16.1 Å². The molecule has 1 saturated heterocycles.